The third-order valence-electron chi connectivity index (χ3n) is 6.41. The van der Waals surface area contributed by atoms with E-state index < -0.39 is 11.7 Å². The summed E-state index contributed by atoms with van der Waals surface area (Å²) < 4.78 is 39.2. The third kappa shape index (κ3) is 3.58. The highest BCUT2D eigenvalue weighted by atomic mass is 35.5. The molecule has 6 rings (SSSR count). The Morgan fingerprint density at radius 3 is 2.47 bits per heavy atom. The van der Waals surface area contributed by atoms with Crippen molar-refractivity contribution in [1.82, 2.24) is 10.3 Å². The molecule has 2 bridgehead atoms. The Labute approximate surface area is 179 Å². The van der Waals surface area contributed by atoms with E-state index in [9.17, 15) is 13.2 Å². The number of hydrogen-bond donors (Lipinski definition) is 2. The van der Waals surface area contributed by atoms with Crippen LogP contribution in [0.3, 0.4) is 0 Å². The molecule has 0 radical (unpaired) electrons. The van der Waals surface area contributed by atoms with Crippen LogP contribution in [0.4, 0.5) is 19.0 Å². The number of nitrogens with zero attached hydrogens (tertiary/aromatic N) is 2. The van der Waals surface area contributed by atoms with Crippen LogP contribution in [0.15, 0.2) is 29.3 Å². The molecule has 2 aromatic rings. The molecule has 4 nitrogen and oxygen atoms in total. The lowest BCUT2D eigenvalue weighted by Gasteiger charge is -2.36. The van der Waals surface area contributed by atoms with Gasteiger partial charge in [0.1, 0.15) is 11.7 Å². The highest BCUT2D eigenvalue weighted by Gasteiger charge is 2.49. The Bertz CT molecular complexity index is 997. The summed E-state index contributed by atoms with van der Waals surface area (Å²) >= 11 is 0. The maximum atomic E-state index is 13.1. The molecule has 0 unspecified atom stereocenters. The van der Waals surface area contributed by atoms with E-state index in [0.29, 0.717) is 23.2 Å². The quantitative estimate of drug-likeness (QED) is 0.717. The fourth-order valence-electron chi connectivity index (χ4n) is 4.99. The largest absolute Gasteiger partial charge is 0.416 e. The Morgan fingerprint density at radius 1 is 1.17 bits per heavy atom. The number of aromatic nitrogens is 1. The number of rotatable bonds is 3. The molecular weight excluding hydrogens is 413 g/mol. The molecule has 0 amide bonds. The van der Waals surface area contributed by atoms with E-state index in [-0.39, 0.29) is 17.9 Å². The smallest absolute Gasteiger partial charge is 0.328 e. The van der Waals surface area contributed by atoms with Gasteiger partial charge in [-0.1, -0.05) is 6.07 Å². The lowest BCUT2D eigenvalue weighted by molar-refractivity contribution is -0.137. The van der Waals surface area contributed by atoms with Gasteiger partial charge in [-0.2, -0.15) is 13.2 Å². The van der Waals surface area contributed by atoms with E-state index in [1.165, 1.54) is 25.0 Å². The summed E-state index contributed by atoms with van der Waals surface area (Å²) in [5, 5.41) is 6.89. The van der Waals surface area contributed by atoms with Crippen LogP contribution >= 0.6 is 12.4 Å². The van der Waals surface area contributed by atoms with Crippen molar-refractivity contribution in [3.05, 3.63) is 46.5 Å². The summed E-state index contributed by atoms with van der Waals surface area (Å²) in [6.07, 6.45) is -1.20. The first-order valence-electron chi connectivity index (χ1n) is 9.97. The Morgan fingerprint density at radius 2 is 1.87 bits per heavy atom. The van der Waals surface area contributed by atoms with E-state index in [1.807, 2.05) is 12.1 Å². The van der Waals surface area contributed by atoms with Crippen molar-refractivity contribution in [3.8, 4) is 11.3 Å². The van der Waals surface area contributed by atoms with Crippen LogP contribution < -0.4 is 10.6 Å². The van der Waals surface area contributed by atoms with E-state index in [4.69, 9.17) is 9.98 Å². The molecule has 8 heteroatoms. The van der Waals surface area contributed by atoms with E-state index in [0.717, 1.165) is 41.8 Å². The molecule has 1 aliphatic carbocycles. The molecular formula is C22H24ClF3N4. The second-order valence-electron chi connectivity index (χ2n) is 8.69. The minimum atomic E-state index is -4.35. The third-order valence-corrected chi connectivity index (χ3v) is 6.41. The van der Waals surface area contributed by atoms with Gasteiger partial charge < -0.3 is 10.6 Å². The fraction of sp³-hybridized carbons (Fsp3) is 0.455. The SMILES string of the molecule is Cc1cc(C(F)(F)F)cc(C)c1-c1ccc2c(n1)NC(=NCC13CC(CN1)C3)C2.Cl. The topological polar surface area (TPSA) is 49.3 Å². The van der Waals surface area contributed by atoms with E-state index >= 15 is 0 Å². The Balaban J connectivity index is 0.00000218. The van der Waals surface area contributed by atoms with Gasteiger partial charge in [-0.15, -0.1) is 12.4 Å². The van der Waals surface area contributed by atoms with Crippen LogP contribution in [-0.2, 0) is 12.6 Å². The standard InChI is InChI=1S/C22H23F3N4.ClH/c1-12-5-16(22(23,24)25)6-13(2)19(12)17-4-3-15-7-18(29-20(15)28-17)26-11-21-8-14(9-21)10-27-21;/h3-6,14,27H,7-11H2,1-2H3,(H,26,28,29);1H. The maximum absolute atomic E-state index is 13.1. The van der Waals surface area contributed by atoms with E-state index in [2.05, 4.69) is 10.6 Å². The van der Waals surface area contributed by atoms with Crippen molar-refractivity contribution in [2.75, 3.05) is 18.4 Å². The van der Waals surface area contributed by atoms with Gasteiger partial charge in [-0.05, 0) is 68.5 Å². The Hall–Kier alpha value is -2.12. The van der Waals surface area contributed by atoms with Gasteiger partial charge in [0.05, 0.1) is 17.8 Å². The number of hydrogen-bond acceptors (Lipinski definition) is 3. The monoisotopic (exact) mass is 436 g/mol. The zero-order valence-corrected chi connectivity index (χ0v) is 17.7. The summed E-state index contributed by atoms with van der Waals surface area (Å²) in [5.41, 5.74) is 3.22. The summed E-state index contributed by atoms with van der Waals surface area (Å²) in [5.74, 6) is 2.49. The number of nitrogens with one attached hydrogen (secondary N) is 2. The lowest BCUT2D eigenvalue weighted by atomic mass is 9.74. The predicted octanol–water partition coefficient (Wildman–Crippen LogP) is 4.92. The van der Waals surface area contributed by atoms with Crippen molar-refractivity contribution in [2.24, 2.45) is 10.9 Å². The summed E-state index contributed by atoms with van der Waals surface area (Å²) in [7, 11) is 0. The normalized spacial score (nSPS) is 25.5. The van der Waals surface area contributed by atoms with Gasteiger partial charge in [-0.3, -0.25) is 4.99 Å². The summed E-state index contributed by atoms with van der Waals surface area (Å²) in [6.45, 7) is 5.29. The second kappa shape index (κ2) is 7.24. The highest BCUT2D eigenvalue weighted by Crippen LogP contribution is 2.43. The Kier molecular flexibility index (Phi) is 5.10. The van der Waals surface area contributed by atoms with Crippen LogP contribution in [0, 0.1) is 19.8 Å². The van der Waals surface area contributed by atoms with Crippen molar-refractivity contribution in [1.29, 1.82) is 0 Å². The van der Waals surface area contributed by atoms with Gasteiger partial charge in [-0.25, -0.2) is 4.98 Å². The number of alkyl halides is 3. The van der Waals surface area contributed by atoms with Crippen LogP contribution in [0.5, 0.6) is 0 Å². The number of aliphatic imine (C=N–C) groups is 1. The first-order valence-corrected chi connectivity index (χ1v) is 9.97. The molecule has 160 valence electrons. The minimum Gasteiger partial charge on any atom is -0.328 e. The van der Waals surface area contributed by atoms with Gasteiger partial charge in [0.2, 0.25) is 0 Å². The molecule has 1 saturated carbocycles. The van der Waals surface area contributed by atoms with Crippen LogP contribution in [0.25, 0.3) is 11.3 Å². The summed E-state index contributed by atoms with van der Waals surface area (Å²) in [6, 6.07) is 6.27. The maximum Gasteiger partial charge on any atom is 0.416 e. The average molecular weight is 437 g/mol. The zero-order valence-electron chi connectivity index (χ0n) is 16.9. The molecule has 0 spiro atoms. The lowest BCUT2D eigenvalue weighted by Crippen LogP contribution is -2.46. The molecule has 0 atom stereocenters. The van der Waals surface area contributed by atoms with E-state index in [1.54, 1.807) is 13.8 Å². The number of aryl methyl sites for hydroxylation is 2. The highest BCUT2D eigenvalue weighted by molar-refractivity contribution is 6.02. The molecule has 3 aliphatic heterocycles. The van der Waals surface area contributed by atoms with Crippen LogP contribution in [0.2, 0.25) is 0 Å². The van der Waals surface area contributed by atoms with Crippen LogP contribution in [0.1, 0.15) is 35.1 Å². The molecule has 1 aromatic carbocycles. The number of fused-ring (bicyclic) bond motifs is 2. The molecule has 1 aromatic heterocycles. The van der Waals surface area contributed by atoms with Gasteiger partial charge in [0, 0.05) is 23.1 Å². The predicted molar refractivity (Wildman–Crippen MR) is 114 cm³/mol. The number of anilines is 1. The van der Waals surface area contributed by atoms with Gasteiger partial charge >= 0.3 is 6.18 Å². The molecule has 4 aliphatic rings. The van der Waals surface area contributed by atoms with Gasteiger partial charge in [0.25, 0.3) is 0 Å². The number of pyridine rings is 1. The first kappa shape index (κ1) is 21.1. The number of halogens is 4. The second-order valence-corrected chi connectivity index (χ2v) is 8.69. The van der Waals surface area contributed by atoms with Crippen LogP contribution in [-0.4, -0.2) is 29.4 Å². The summed E-state index contributed by atoms with van der Waals surface area (Å²) in [4.78, 5) is 9.49. The van der Waals surface area contributed by atoms with Crippen molar-refractivity contribution in [2.45, 2.75) is 44.8 Å². The molecule has 4 heterocycles. The molecule has 30 heavy (non-hydrogen) atoms. The molecule has 3 fully saturated rings. The number of amidine groups is 1. The van der Waals surface area contributed by atoms with Crippen molar-refractivity contribution in [3.63, 3.8) is 0 Å². The van der Waals surface area contributed by atoms with Gasteiger partial charge in [0.15, 0.2) is 0 Å². The molecule has 2 saturated heterocycles. The van der Waals surface area contributed by atoms with Crippen molar-refractivity contribution >= 4 is 24.1 Å². The number of benzene rings is 1. The molecule has 2 N–H and O–H groups in total. The first-order chi connectivity index (χ1) is 13.7. The fourth-order valence-corrected chi connectivity index (χ4v) is 4.99. The minimum absolute atomic E-state index is 0. The van der Waals surface area contributed by atoms with Crippen molar-refractivity contribution < 1.29 is 13.2 Å². The average Bonchev–Trinajstić information content (AvgIpc) is 3.31. The zero-order chi connectivity index (χ0) is 20.4.